The van der Waals surface area contributed by atoms with Crippen LogP contribution in [-0.4, -0.2) is 29.6 Å². The number of anilines is 1. The highest BCUT2D eigenvalue weighted by atomic mass is 79.9. The number of hydrogen-bond donors (Lipinski definition) is 1. The first-order chi connectivity index (χ1) is 11.9. The van der Waals surface area contributed by atoms with E-state index in [1.807, 2.05) is 0 Å². The van der Waals surface area contributed by atoms with E-state index >= 15 is 0 Å². The van der Waals surface area contributed by atoms with Crippen molar-refractivity contribution < 1.29 is 19.1 Å². The number of ether oxygens (including phenoxy) is 2. The number of benzene rings is 1. The molecule has 0 fully saturated rings. The standard InChI is InChI=1S/C16H16BrClN2O4S/c1-3-23-14(21)7-11-8-25-16(19-11)20-15(22)9(2)24-13-5-4-10(18)6-12(13)17/h4-6,8-9H,3,7H2,1-2H3,(H,19,20,22). The summed E-state index contributed by atoms with van der Waals surface area (Å²) in [6.07, 6.45) is -0.667. The molecule has 0 saturated heterocycles. The summed E-state index contributed by atoms with van der Waals surface area (Å²) in [6, 6.07) is 5.04. The Morgan fingerprint density at radius 2 is 2.20 bits per heavy atom. The van der Waals surface area contributed by atoms with Crippen LogP contribution in [0.25, 0.3) is 0 Å². The highest BCUT2D eigenvalue weighted by molar-refractivity contribution is 9.10. The Morgan fingerprint density at radius 1 is 1.44 bits per heavy atom. The minimum absolute atomic E-state index is 0.0734. The summed E-state index contributed by atoms with van der Waals surface area (Å²) < 4.78 is 11.1. The van der Waals surface area contributed by atoms with Gasteiger partial charge in [0.25, 0.3) is 5.91 Å². The molecular formula is C16H16BrClN2O4S. The van der Waals surface area contributed by atoms with Crippen molar-refractivity contribution in [2.45, 2.75) is 26.4 Å². The number of rotatable bonds is 7. The van der Waals surface area contributed by atoms with Crippen LogP contribution in [0.15, 0.2) is 28.1 Å². The molecule has 1 unspecified atom stereocenters. The lowest BCUT2D eigenvalue weighted by molar-refractivity contribution is -0.142. The maximum absolute atomic E-state index is 12.2. The summed E-state index contributed by atoms with van der Waals surface area (Å²) in [5.74, 6) is -0.192. The number of halogens is 2. The number of nitrogens with zero attached hydrogens (tertiary/aromatic N) is 1. The number of amides is 1. The number of carbonyl (C=O) groups is 2. The molecule has 134 valence electrons. The normalized spacial score (nSPS) is 11.7. The van der Waals surface area contributed by atoms with E-state index in [9.17, 15) is 9.59 Å². The zero-order valence-electron chi connectivity index (χ0n) is 13.5. The van der Waals surface area contributed by atoms with Crippen LogP contribution in [0, 0.1) is 0 Å². The number of nitrogens with one attached hydrogen (secondary N) is 1. The first-order valence-corrected chi connectivity index (χ1v) is 9.46. The molecule has 1 N–H and O–H groups in total. The lowest BCUT2D eigenvalue weighted by Gasteiger charge is -2.15. The van der Waals surface area contributed by atoms with E-state index in [0.717, 1.165) is 0 Å². The monoisotopic (exact) mass is 446 g/mol. The average molecular weight is 448 g/mol. The fourth-order valence-corrected chi connectivity index (χ4v) is 3.32. The van der Waals surface area contributed by atoms with Gasteiger partial charge in [-0.05, 0) is 48.0 Å². The van der Waals surface area contributed by atoms with Crippen molar-refractivity contribution >= 4 is 55.9 Å². The van der Waals surface area contributed by atoms with Crippen LogP contribution in [0.1, 0.15) is 19.5 Å². The summed E-state index contributed by atoms with van der Waals surface area (Å²) in [6.45, 7) is 3.69. The van der Waals surface area contributed by atoms with Gasteiger partial charge in [-0.1, -0.05) is 11.6 Å². The minimum Gasteiger partial charge on any atom is -0.480 e. The van der Waals surface area contributed by atoms with Crippen LogP contribution >= 0.6 is 38.9 Å². The Hall–Kier alpha value is -1.64. The molecule has 9 heteroatoms. The van der Waals surface area contributed by atoms with Gasteiger partial charge in [-0.2, -0.15) is 0 Å². The van der Waals surface area contributed by atoms with Gasteiger partial charge in [0.05, 0.1) is 23.2 Å². The van der Waals surface area contributed by atoms with Crippen LogP contribution in [0.2, 0.25) is 5.02 Å². The fourth-order valence-electron chi connectivity index (χ4n) is 1.83. The molecule has 1 aromatic carbocycles. The fraction of sp³-hybridized carbons (Fsp3) is 0.312. The summed E-state index contributed by atoms with van der Waals surface area (Å²) in [5, 5.41) is 5.33. The third-order valence-corrected chi connectivity index (χ3v) is 4.64. The molecule has 2 aromatic rings. The zero-order chi connectivity index (χ0) is 18.4. The molecule has 1 atom stereocenters. The van der Waals surface area contributed by atoms with Crippen molar-refractivity contribution in [2.75, 3.05) is 11.9 Å². The maximum Gasteiger partial charge on any atom is 0.311 e. The smallest absolute Gasteiger partial charge is 0.311 e. The van der Waals surface area contributed by atoms with Gasteiger partial charge in [0.2, 0.25) is 0 Å². The maximum atomic E-state index is 12.2. The molecule has 6 nitrogen and oxygen atoms in total. The lowest BCUT2D eigenvalue weighted by atomic mass is 10.3. The molecular weight excluding hydrogens is 432 g/mol. The summed E-state index contributed by atoms with van der Waals surface area (Å²) >= 11 is 10.4. The third-order valence-electron chi connectivity index (χ3n) is 2.98. The number of aromatic nitrogens is 1. The van der Waals surface area contributed by atoms with Crippen molar-refractivity contribution in [3.63, 3.8) is 0 Å². The van der Waals surface area contributed by atoms with Gasteiger partial charge < -0.3 is 9.47 Å². The minimum atomic E-state index is -0.741. The van der Waals surface area contributed by atoms with E-state index < -0.39 is 6.10 Å². The van der Waals surface area contributed by atoms with Crippen LogP contribution in [0.5, 0.6) is 5.75 Å². The van der Waals surface area contributed by atoms with Gasteiger partial charge >= 0.3 is 5.97 Å². The second-order valence-electron chi connectivity index (χ2n) is 4.95. The van der Waals surface area contributed by atoms with Crippen LogP contribution in [-0.2, 0) is 20.7 Å². The van der Waals surface area contributed by atoms with Crippen molar-refractivity contribution in [1.82, 2.24) is 4.98 Å². The predicted molar refractivity (Wildman–Crippen MR) is 100 cm³/mol. The van der Waals surface area contributed by atoms with E-state index in [4.69, 9.17) is 21.1 Å². The first-order valence-electron chi connectivity index (χ1n) is 7.41. The van der Waals surface area contributed by atoms with Crippen molar-refractivity contribution in [1.29, 1.82) is 0 Å². The van der Waals surface area contributed by atoms with E-state index in [0.29, 0.717) is 32.7 Å². The van der Waals surface area contributed by atoms with Crippen LogP contribution in [0.4, 0.5) is 5.13 Å². The number of esters is 1. The number of hydrogen-bond acceptors (Lipinski definition) is 6. The second-order valence-corrected chi connectivity index (χ2v) is 7.10. The Kier molecular flexibility index (Phi) is 7.22. The molecule has 0 radical (unpaired) electrons. The van der Waals surface area contributed by atoms with Crippen LogP contribution in [0.3, 0.4) is 0 Å². The Labute approximate surface area is 162 Å². The molecule has 0 aliphatic rings. The highest BCUT2D eigenvalue weighted by Crippen LogP contribution is 2.29. The Bertz CT molecular complexity index is 768. The van der Waals surface area contributed by atoms with Crippen LogP contribution < -0.4 is 10.1 Å². The summed E-state index contributed by atoms with van der Waals surface area (Å²) in [4.78, 5) is 27.9. The Balaban J connectivity index is 1.92. The first kappa shape index (κ1) is 19.7. The number of carbonyl (C=O) groups excluding carboxylic acids is 2. The van der Waals surface area contributed by atoms with E-state index in [1.165, 1.54) is 11.3 Å². The van der Waals surface area contributed by atoms with Gasteiger partial charge in [0.15, 0.2) is 11.2 Å². The van der Waals surface area contributed by atoms with E-state index in [1.54, 1.807) is 37.4 Å². The predicted octanol–water partition coefficient (Wildman–Crippen LogP) is 4.07. The Morgan fingerprint density at radius 3 is 2.88 bits per heavy atom. The largest absolute Gasteiger partial charge is 0.480 e. The second kappa shape index (κ2) is 9.17. The van der Waals surface area contributed by atoms with Gasteiger partial charge in [-0.3, -0.25) is 14.9 Å². The quantitative estimate of drug-likeness (QED) is 0.647. The van der Waals surface area contributed by atoms with Gasteiger partial charge in [0, 0.05) is 10.4 Å². The van der Waals surface area contributed by atoms with Gasteiger partial charge in [-0.25, -0.2) is 4.98 Å². The SMILES string of the molecule is CCOC(=O)Cc1csc(NC(=O)C(C)Oc2ccc(Cl)cc2Br)n1. The molecule has 0 bridgehead atoms. The van der Waals surface area contributed by atoms with Crippen molar-refractivity contribution in [2.24, 2.45) is 0 Å². The zero-order valence-corrected chi connectivity index (χ0v) is 16.7. The molecule has 0 aliphatic carbocycles. The topological polar surface area (TPSA) is 77.5 Å². The lowest BCUT2D eigenvalue weighted by Crippen LogP contribution is -2.30. The molecule has 25 heavy (non-hydrogen) atoms. The summed E-state index contributed by atoms with van der Waals surface area (Å²) in [5.41, 5.74) is 0.549. The number of thiazole rings is 1. The van der Waals surface area contributed by atoms with Crippen molar-refractivity contribution in [3.8, 4) is 5.75 Å². The van der Waals surface area contributed by atoms with Crippen molar-refractivity contribution in [3.05, 3.63) is 38.8 Å². The third kappa shape index (κ3) is 5.98. The molecule has 0 saturated carbocycles. The molecule has 1 heterocycles. The van der Waals surface area contributed by atoms with Gasteiger partial charge in [-0.15, -0.1) is 11.3 Å². The highest BCUT2D eigenvalue weighted by Gasteiger charge is 2.18. The molecule has 1 aromatic heterocycles. The van der Waals surface area contributed by atoms with Gasteiger partial charge in [0.1, 0.15) is 5.75 Å². The molecule has 0 spiro atoms. The van der Waals surface area contributed by atoms with E-state index in [-0.39, 0.29) is 18.3 Å². The molecule has 2 rings (SSSR count). The molecule has 0 aliphatic heterocycles. The summed E-state index contributed by atoms with van der Waals surface area (Å²) in [7, 11) is 0. The molecule has 1 amide bonds. The van der Waals surface area contributed by atoms with E-state index in [2.05, 4.69) is 26.2 Å². The average Bonchev–Trinajstić information content (AvgIpc) is 2.97.